The van der Waals surface area contributed by atoms with Crippen molar-refractivity contribution in [1.29, 1.82) is 0 Å². The van der Waals surface area contributed by atoms with Crippen molar-refractivity contribution in [2.24, 2.45) is 0 Å². The van der Waals surface area contributed by atoms with E-state index in [9.17, 15) is 0 Å². The van der Waals surface area contributed by atoms with Crippen molar-refractivity contribution >= 4 is 27.9 Å². The summed E-state index contributed by atoms with van der Waals surface area (Å²) in [6.07, 6.45) is 3.48. The van der Waals surface area contributed by atoms with Gasteiger partial charge in [0.2, 0.25) is 0 Å². The van der Waals surface area contributed by atoms with Gasteiger partial charge in [-0.15, -0.1) is 0 Å². The molecule has 4 heteroatoms. The van der Waals surface area contributed by atoms with Gasteiger partial charge in [0, 0.05) is 0 Å². The number of halogens is 3. The first-order valence-corrected chi connectivity index (χ1v) is 10.7. The predicted molar refractivity (Wildman–Crippen MR) is 41.9 cm³/mol. The summed E-state index contributed by atoms with van der Waals surface area (Å²) in [5.41, 5.74) is 0. The molecule has 0 aromatic rings. The molecule has 0 N–H and O–H groups in total. The molecule has 0 atom stereocenters. The van der Waals surface area contributed by atoms with E-state index in [1.54, 1.807) is 0 Å². The summed E-state index contributed by atoms with van der Waals surface area (Å²) in [4.78, 5) is 0. The molecule has 0 aliphatic carbocycles. The summed E-state index contributed by atoms with van der Waals surface area (Å²) in [5, 5.41) is 0. The van der Waals surface area contributed by atoms with Gasteiger partial charge in [-0.3, -0.25) is 0 Å². The molecule has 0 fully saturated rings. The fourth-order valence-electron chi connectivity index (χ4n) is 0.575. The Kier molecular flexibility index (Phi) is 6.19. The van der Waals surface area contributed by atoms with Gasteiger partial charge in [-0.05, 0) is 0 Å². The molecule has 0 saturated carbocycles. The van der Waals surface area contributed by atoms with Gasteiger partial charge < -0.3 is 0 Å². The summed E-state index contributed by atoms with van der Waals surface area (Å²) in [7, 11) is 17.1. The van der Waals surface area contributed by atoms with Crippen LogP contribution < -0.4 is 0 Å². The van der Waals surface area contributed by atoms with E-state index in [-0.39, 0.29) is 0 Å². The monoisotopic (exact) mass is 224 g/mol. The summed E-state index contributed by atoms with van der Waals surface area (Å²) < 4.78 is 0.860. The van der Waals surface area contributed by atoms with Crippen molar-refractivity contribution < 1.29 is 13.4 Å². The van der Waals surface area contributed by atoms with Crippen molar-refractivity contribution in [3.63, 3.8) is 0 Å². The first-order valence-electron chi connectivity index (χ1n) is 3.13. The molecule has 0 unspecified atom stereocenters. The molecule has 0 saturated heterocycles. The topological polar surface area (TPSA) is 0 Å². The molecule has 9 heavy (non-hydrogen) atoms. The predicted octanol–water partition coefficient (Wildman–Crippen LogP) is 4.21. The van der Waals surface area contributed by atoms with E-state index < -0.39 is 13.4 Å². The number of unbranched alkanes of at least 4 members (excludes halogenated alkanes) is 2. The van der Waals surface area contributed by atoms with Crippen molar-refractivity contribution in [1.82, 2.24) is 0 Å². The van der Waals surface area contributed by atoms with Crippen LogP contribution in [0.15, 0.2) is 0 Å². The third kappa shape index (κ3) is 9.58. The zero-order valence-electron chi connectivity index (χ0n) is 5.46. The Balaban J connectivity index is 3.07. The minimum atomic E-state index is -2.71. The van der Waals surface area contributed by atoms with Gasteiger partial charge in [0.1, 0.15) is 0 Å². The standard InChI is InChI=1S/C5H11.3ClH.Ti/c1-3-5-4-2;;;;/h1,3-5H2,2H3;3*1H;/q;;;;+3/p-3. The third-order valence-electron chi connectivity index (χ3n) is 1.06. The van der Waals surface area contributed by atoms with Gasteiger partial charge in [-0.1, -0.05) is 0 Å². The van der Waals surface area contributed by atoms with Crippen LogP contribution >= 0.6 is 27.9 Å². The van der Waals surface area contributed by atoms with Crippen LogP contribution in [0.1, 0.15) is 26.2 Å². The van der Waals surface area contributed by atoms with Crippen LogP contribution in [0, 0.1) is 0 Å². The summed E-state index contributed by atoms with van der Waals surface area (Å²) in [6, 6.07) is 0. The molecule has 0 radical (unpaired) electrons. The van der Waals surface area contributed by atoms with Crippen LogP contribution in [-0.4, -0.2) is 0 Å². The van der Waals surface area contributed by atoms with E-state index in [0.29, 0.717) is 0 Å². The Labute approximate surface area is 71.8 Å². The molecule has 56 valence electrons. The summed E-state index contributed by atoms with van der Waals surface area (Å²) in [6.45, 7) is 2.14. The molecule has 0 spiro atoms. The first-order chi connectivity index (χ1) is 4.06. The van der Waals surface area contributed by atoms with Crippen LogP contribution in [0.3, 0.4) is 0 Å². The van der Waals surface area contributed by atoms with Gasteiger partial charge in [-0.2, -0.15) is 0 Å². The molecule has 0 aliphatic heterocycles. The molecule has 0 heterocycles. The molecular formula is C5H11Cl3Ti. The number of hydrogen-bond donors (Lipinski definition) is 0. The molecular weight excluding hydrogens is 214 g/mol. The zero-order chi connectivity index (χ0) is 7.33. The average Bonchev–Trinajstić information content (AvgIpc) is 1.63. The summed E-state index contributed by atoms with van der Waals surface area (Å²) >= 11 is -2.71. The van der Waals surface area contributed by atoms with Crippen LogP contribution in [0.4, 0.5) is 0 Å². The van der Waals surface area contributed by atoms with Crippen molar-refractivity contribution in [3.05, 3.63) is 0 Å². The molecule has 0 bridgehead atoms. The quantitative estimate of drug-likeness (QED) is 0.496. The molecule has 0 aromatic heterocycles. The van der Waals surface area contributed by atoms with E-state index in [0.717, 1.165) is 11.1 Å². The third-order valence-corrected chi connectivity index (χ3v) is 4.84. The normalized spacial score (nSPS) is 12.0. The summed E-state index contributed by atoms with van der Waals surface area (Å²) in [5.74, 6) is 0. The van der Waals surface area contributed by atoms with E-state index in [1.807, 2.05) is 0 Å². The average molecular weight is 225 g/mol. The second-order valence-corrected chi connectivity index (χ2v) is 15.1. The maximum atomic E-state index is 5.69. The van der Waals surface area contributed by atoms with E-state index >= 15 is 0 Å². The zero-order valence-corrected chi connectivity index (χ0v) is 9.29. The molecule has 0 nitrogen and oxygen atoms in total. The van der Waals surface area contributed by atoms with Crippen molar-refractivity contribution in [3.8, 4) is 0 Å². The second-order valence-electron chi connectivity index (χ2n) is 2.07. The molecule has 0 aromatic carbocycles. The van der Waals surface area contributed by atoms with Crippen LogP contribution in [0.2, 0.25) is 4.73 Å². The van der Waals surface area contributed by atoms with E-state index in [2.05, 4.69) is 6.92 Å². The fourth-order valence-corrected chi connectivity index (χ4v) is 3.24. The van der Waals surface area contributed by atoms with Crippen molar-refractivity contribution in [2.45, 2.75) is 30.9 Å². The SMILES string of the molecule is CCCC[CH2][Ti]([Cl])([Cl])[Cl]. The van der Waals surface area contributed by atoms with E-state index in [4.69, 9.17) is 27.9 Å². The van der Waals surface area contributed by atoms with Gasteiger partial charge in [0.05, 0.1) is 0 Å². The van der Waals surface area contributed by atoms with Gasteiger partial charge >= 0.3 is 72.2 Å². The Hall–Kier alpha value is 1.58. The molecule has 0 amide bonds. The number of rotatable bonds is 4. The van der Waals surface area contributed by atoms with Crippen molar-refractivity contribution in [2.75, 3.05) is 0 Å². The Morgan fingerprint density at radius 1 is 1.11 bits per heavy atom. The fraction of sp³-hybridized carbons (Fsp3) is 1.00. The molecule has 0 rings (SSSR count). The number of hydrogen-bond acceptors (Lipinski definition) is 0. The van der Waals surface area contributed by atoms with Crippen LogP contribution in [0.5, 0.6) is 0 Å². The molecule has 0 aliphatic rings. The van der Waals surface area contributed by atoms with Gasteiger partial charge in [-0.25, -0.2) is 0 Å². The van der Waals surface area contributed by atoms with Crippen LogP contribution in [0.25, 0.3) is 0 Å². The van der Waals surface area contributed by atoms with E-state index in [1.165, 1.54) is 12.8 Å². The minimum absolute atomic E-state index is 0.860. The Morgan fingerprint density at radius 3 is 2.00 bits per heavy atom. The van der Waals surface area contributed by atoms with Crippen LogP contribution in [-0.2, 0) is 13.4 Å². The first kappa shape index (κ1) is 10.6. The maximum absolute atomic E-state index is 5.69. The van der Waals surface area contributed by atoms with Gasteiger partial charge in [0.15, 0.2) is 0 Å². The Morgan fingerprint density at radius 2 is 1.67 bits per heavy atom. The van der Waals surface area contributed by atoms with Gasteiger partial charge in [0.25, 0.3) is 0 Å². The second kappa shape index (κ2) is 5.26. The Bertz CT molecular complexity index is 69.1.